The third-order valence-corrected chi connectivity index (χ3v) is 15.2. The van der Waals surface area contributed by atoms with Crippen molar-refractivity contribution in [1.82, 2.24) is 35.5 Å². The van der Waals surface area contributed by atoms with E-state index in [1.165, 1.54) is 0 Å². The van der Waals surface area contributed by atoms with Crippen LogP contribution < -0.4 is 30.3 Å². The van der Waals surface area contributed by atoms with E-state index in [0.717, 1.165) is 94.6 Å². The number of pyridine rings is 1. The number of phenols is 1. The standard InChI is InChI=1S/C54H65N11O7/c1-33(2)51(54(68)64-20-6-8-45(64)53(67)58-34(3)36-12-10-35(30-55)11-13-36)48-29-50(61-72-48)69-24-23-62-21-17-40(18-22-62)70-41-26-42(27-41)71-49-25-37(16-19-57-49)65-38-14-15-39(65)32-63(31-38)46-28-44(59-60-52(46)56)43-7-4-5-9-47(43)66/h4-5,7,9-13,16,19,25,28-29,33-34,38-42,45,51,66H,6,8,14-15,17-18,20-24,26-27,31-32H2,1-3H3,(H2,56,60)(H,58,67)/t34-,38?,39?,41?,42?,45-,51?/m0/s1. The number of piperidine rings is 1. The van der Waals surface area contributed by atoms with Crippen molar-refractivity contribution in [2.45, 2.75) is 121 Å². The quantitative estimate of drug-likeness (QED) is 0.0891. The van der Waals surface area contributed by atoms with E-state index in [0.29, 0.717) is 71.8 Å². The van der Waals surface area contributed by atoms with E-state index in [1.807, 2.05) is 57.3 Å². The van der Waals surface area contributed by atoms with Crippen LogP contribution in [0.15, 0.2) is 83.5 Å². The second-order valence-corrected chi connectivity index (χ2v) is 20.4. The van der Waals surface area contributed by atoms with Crippen LogP contribution in [0.1, 0.15) is 101 Å². The first-order chi connectivity index (χ1) is 35.0. The second-order valence-electron chi connectivity index (χ2n) is 20.4. The Hall–Kier alpha value is -6.97. The van der Waals surface area contributed by atoms with Crippen LogP contribution in [-0.4, -0.2) is 129 Å². The number of para-hydroxylation sites is 1. The van der Waals surface area contributed by atoms with Crippen molar-refractivity contribution in [3.8, 4) is 34.8 Å². The SMILES string of the molecule is CC(C)C(C(=O)N1CCC[C@H]1C(=O)N[C@@H](C)c1ccc(C#N)cc1)c1cc(OCCN2CCC(OC3CC(Oc4cc(N5C6CCC5CN(c5cc(-c7ccccc7O)nnc5N)C6)ccn4)C3)CC2)no1. The average molecular weight is 980 g/mol. The van der Waals surface area contributed by atoms with Gasteiger partial charge in [0.1, 0.15) is 30.4 Å². The number of nitrogens with two attached hydrogens (primary N) is 1. The fourth-order valence-electron chi connectivity index (χ4n) is 11.3. The van der Waals surface area contributed by atoms with Gasteiger partial charge in [-0.1, -0.05) is 38.1 Å². The van der Waals surface area contributed by atoms with Crippen LogP contribution in [0.3, 0.4) is 0 Å². The summed E-state index contributed by atoms with van der Waals surface area (Å²) in [5, 5.41) is 35.4. The summed E-state index contributed by atoms with van der Waals surface area (Å²) < 4.78 is 24.7. The Balaban J connectivity index is 0.638. The molecule has 5 atom stereocenters. The molecular weight excluding hydrogens is 915 g/mol. The van der Waals surface area contributed by atoms with Crippen LogP contribution in [-0.2, 0) is 14.3 Å². The van der Waals surface area contributed by atoms with Crippen molar-refractivity contribution in [2.24, 2.45) is 5.92 Å². The van der Waals surface area contributed by atoms with Crippen molar-refractivity contribution >= 4 is 29.0 Å². The number of carbonyl (C=O) groups is 2. The molecule has 0 radical (unpaired) electrons. The van der Waals surface area contributed by atoms with Crippen molar-refractivity contribution in [1.29, 1.82) is 5.26 Å². The molecule has 0 spiro atoms. The van der Waals surface area contributed by atoms with Crippen LogP contribution in [0.5, 0.6) is 17.5 Å². The number of benzene rings is 2. The van der Waals surface area contributed by atoms with Crippen LogP contribution in [0.4, 0.5) is 17.2 Å². The van der Waals surface area contributed by atoms with Crippen molar-refractivity contribution in [3.63, 3.8) is 0 Å². The summed E-state index contributed by atoms with van der Waals surface area (Å²) in [4.78, 5) is 41.0. The zero-order valence-electron chi connectivity index (χ0n) is 41.3. The number of nitrogens with zero attached hydrogens (tertiary/aromatic N) is 9. The Morgan fingerprint density at radius 3 is 2.40 bits per heavy atom. The molecule has 3 aromatic heterocycles. The highest BCUT2D eigenvalue weighted by Crippen LogP contribution is 2.41. The molecule has 2 aromatic carbocycles. The molecule has 18 heteroatoms. The van der Waals surface area contributed by atoms with Crippen molar-refractivity contribution in [2.75, 3.05) is 61.4 Å². The van der Waals surface area contributed by atoms with Gasteiger partial charge in [0.25, 0.3) is 5.88 Å². The number of phenolic OH excluding ortho intramolecular Hbond substituents is 1. The number of rotatable bonds is 17. The van der Waals surface area contributed by atoms with Gasteiger partial charge in [-0.15, -0.1) is 10.2 Å². The number of fused-ring (bicyclic) bond motifs is 2. The number of ether oxygens (including phenoxy) is 3. The Labute approximate surface area is 420 Å². The molecule has 378 valence electrons. The highest BCUT2D eigenvalue weighted by molar-refractivity contribution is 5.91. The number of nitriles is 1. The van der Waals surface area contributed by atoms with E-state index < -0.39 is 12.0 Å². The molecule has 4 N–H and O–H groups in total. The number of anilines is 3. The number of piperazine rings is 1. The lowest BCUT2D eigenvalue weighted by atomic mass is 9.91. The number of amides is 2. The molecule has 4 saturated heterocycles. The van der Waals surface area contributed by atoms with Crippen molar-refractivity contribution < 1.29 is 33.4 Å². The third kappa shape index (κ3) is 10.6. The zero-order valence-corrected chi connectivity index (χ0v) is 41.3. The number of aromatic nitrogens is 4. The lowest BCUT2D eigenvalue weighted by Gasteiger charge is -2.43. The van der Waals surface area contributed by atoms with E-state index in [9.17, 15) is 14.7 Å². The van der Waals surface area contributed by atoms with E-state index in [1.54, 1.807) is 35.2 Å². The number of likely N-dealkylation sites (tertiary alicyclic amines) is 2. The molecule has 3 unspecified atom stereocenters. The Kier molecular flexibility index (Phi) is 14.5. The molecular formula is C54H65N11O7. The van der Waals surface area contributed by atoms with Gasteiger partial charge < -0.3 is 49.6 Å². The smallest absolute Gasteiger partial charge is 0.254 e. The number of nitrogens with one attached hydrogen (secondary N) is 1. The molecule has 5 aliphatic rings. The van der Waals surface area contributed by atoms with Crippen LogP contribution >= 0.6 is 0 Å². The van der Waals surface area contributed by atoms with Gasteiger partial charge in [-0.2, -0.15) is 5.26 Å². The predicted molar refractivity (Wildman–Crippen MR) is 269 cm³/mol. The number of hydrogen-bond donors (Lipinski definition) is 3. The highest BCUT2D eigenvalue weighted by Gasteiger charge is 2.43. The Morgan fingerprint density at radius 2 is 1.67 bits per heavy atom. The number of hydrogen-bond acceptors (Lipinski definition) is 16. The number of aromatic hydroxyl groups is 1. The minimum atomic E-state index is -0.612. The zero-order chi connectivity index (χ0) is 49.9. The van der Waals surface area contributed by atoms with Gasteiger partial charge in [0.2, 0.25) is 17.7 Å². The Morgan fingerprint density at radius 1 is 0.903 bits per heavy atom. The molecule has 4 aliphatic heterocycles. The van der Waals surface area contributed by atoms with Crippen LogP contribution in [0.2, 0.25) is 0 Å². The average Bonchev–Trinajstić information content (AvgIpc) is 4.12. The second kappa shape index (κ2) is 21.4. The lowest BCUT2D eigenvalue weighted by molar-refractivity contribution is -0.141. The number of nitrogen functional groups attached to an aromatic ring is 1. The maximum Gasteiger partial charge on any atom is 0.254 e. The summed E-state index contributed by atoms with van der Waals surface area (Å²) in [7, 11) is 0. The monoisotopic (exact) mass is 980 g/mol. The third-order valence-electron chi connectivity index (χ3n) is 15.2. The maximum atomic E-state index is 14.1. The van der Waals surface area contributed by atoms with Gasteiger partial charge in [0.05, 0.1) is 41.3 Å². The highest BCUT2D eigenvalue weighted by atomic mass is 16.5. The fraction of sp³-hybridized carbons (Fsp3) is 0.500. The molecule has 18 nitrogen and oxygen atoms in total. The van der Waals surface area contributed by atoms with Crippen LogP contribution in [0.25, 0.3) is 11.3 Å². The Bertz CT molecular complexity index is 2720. The fourth-order valence-corrected chi connectivity index (χ4v) is 11.3. The van der Waals surface area contributed by atoms with Gasteiger partial charge in [0.15, 0.2) is 11.6 Å². The molecule has 1 saturated carbocycles. The first kappa shape index (κ1) is 48.6. The molecule has 2 amide bonds. The minimum Gasteiger partial charge on any atom is -0.507 e. The largest absolute Gasteiger partial charge is 0.507 e. The summed E-state index contributed by atoms with van der Waals surface area (Å²) in [5.74, 6) is 0.898. The van der Waals surface area contributed by atoms with Gasteiger partial charge in [-0.25, -0.2) is 4.98 Å². The molecule has 10 rings (SSSR count). The van der Waals surface area contributed by atoms with Crippen molar-refractivity contribution in [3.05, 3.63) is 95.9 Å². The summed E-state index contributed by atoms with van der Waals surface area (Å²) in [6.45, 7) is 10.9. The maximum absolute atomic E-state index is 14.1. The molecule has 7 heterocycles. The topological polar surface area (TPSA) is 222 Å². The van der Waals surface area contributed by atoms with Gasteiger partial charge in [-0.3, -0.25) is 14.5 Å². The van der Waals surface area contributed by atoms with E-state index in [-0.39, 0.29) is 47.8 Å². The molecule has 1 aliphatic carbocycles. The summed E-state index contributed by atoms with van der Waals surface area (Å²) in [6, 6.07) is 23.9. The molecule has 2 bridgehead atoms. The summed E-state index contributed by atoms with van der Waals surface area (Å²) in [6.07, 6.45) is 9.31. The molecule has 5 aromatic rings. The summed E-state index contributed by atoms with van der Waals surface area (Å²) in [5.41, 5.74) is 11.0. The van der Waals surface area contributed by atoms with Crippen LogP contribution in [0, 0.1) is 17.2 Å². The normalized spacial score (nSPS) is 23.1. The predicted octanol–water partition coefficient (Wildman–Crippen LogP) is 6.62. The summed E-state index contributed by atoms with van der Waals surface area (Å²) >= 11 is 0. The van der Waals surface area contributed by atoms with Gasteiger partial charge >= 0.3 is 0 Å². The first-order valence-electron chi connectivity index (χ1n) is 25.6. The molecule has 5 fully saturated rings. The molecule has 72 heavy (non-hydrogen) atoms. The van der Waals surface area contributed by atoms with E-state index in [2.05, 4.69) is 58.6 Å². The van der Waals surface area contributed by atoms with Gasteiger partial charge in [-0.05, 0) is 98.5 Å². The lowest BCUT2D eigenvalue weighted by Crippen LogP contribution is -2.54. The minimum absolute atomic E-state index is 0.0643. The van der Waals surface area contributed by atoms with E-state index >= 15 is 0 Å². The first-order valence-corrected chi connectivity index (χ1v) is 25.6. The van der Waals surface area contributed by atoms with E-state index in [4.69, 9.17) is 29.7 Å². The number of carbonyl (C=O) groups excluding carboxylic acids is 2. The van der Waals surface area contributed by atoms with Gasteiger partial charge in [0, 0.05) is 93.8 Å².